The van der Waals surface area contributed by atoms with Crippen LogP contribution in [0.4, 0.5) is 0 Å². The highest BCUT2D eigenvalue weighted by Crippen LogP contribution is 2.24. The van der Waals surface area contributed by atoms with E-state index in [0.29, 0.717) is 30.5 Å². The Balaban J connectivity index is 1.90. The van der Waals surface area contributed by atoms with Crippen LogP contribution in [0.25, 0.3) is 23.0 Å². The van der Waals surface area contributed by atoms with E-state index in [4.69, 9.17) is 14.7 Å². The van der Waals surface area contributed by atoms with Crippen molar-refractivity contribution in [3.63, 3.8) is 0 Å². The van der Waals surface area contributed by atoms with Crippen molar-refractivity contribution in [1.82, 2.24) is 19.7 Å². The fourth-order valence-electron chi connectivity index (χ4n) is 1.80. The molecule has 0 aromatic carbocycles. The molecule has 0 aliphatic heterocycles. The van der Waals surface area contributed by atoms with Gasteiger partial charge in [0.25, 0.3) is 5.89 Å². The van der Waals surface area contributed by atoms with Crippen LogP contribution in [0, 0.1) is 6.92 Å². The Morgan fingerprint density at radius 1 is 1.42 bits per heavy atom. The molecule has 7 heteroatoms. The molecule has 0 saturated heterocycles. The molecule has 0 radical (unpaired) electrons. The van der Waals surface area contributed by atoms with Gasteiger partial charge in [-0.05, 0) is 13.0 Å². The molecule has 0 aliphatic rings. The lowest BCUT2D eigenvalue weighted by molar-refractivity contribution is 0.431. The van der Waals surface area contributed by atoms with E-state index < -0.39 is 0 Å². The van der Waals surface area contributed by atoms with Crippen LogP contribution >= 0.6 is 0 Å². The number of nitrogens with zero attached hydrogens (tertiary/aromatic N) is 4. The second-order valence-electron chi connectivity index (χ2n) is 4.10. The van der Waals surface area contributed by atoms with Gasteiger partial charge in [0, 0.05) is 19.3 Å². The predicted octanol–water partition coefficient (Wildman–Crippen LogP) is 1.46. The van der Waals surface area contributed by atoms with Gasteiger partial charge < -0.3 is 19.2 Å². The van der Waals surface area contributed by atoms with Gasteiger partial charge in [0.15, 0.2) is 0 Å². The van der Waals surface area contributed by atoms with Gasteiger partial charge in [-0.3, -0.25) is 0 Å². The van der Waals surface area contributed by atoms with Gasteiger partial charge in [0.05, 0.1) is 18.2 Å². The Morgan fingerprint density at radius 3 is 3.05 bits per heavy atom. The van der Waals surface area contributed by atoms with Gasteiger partial charge in [-0.2, -0.15) is 4.98 Å². The molecule has 0 fully saturated rings. The fraction of sp³-hybridized carbons (Fsp3) is 0.250. The summed E-state index contributed by atoms with van der Waals surface area (Å²) < 4.78 is 12.3. The van der Waals surface area contributed by atoms with Gasteiger partial charge in [0.1, 0.15) is 11.5 Å². The summed E-state index contributed by atoms with van der Waals surface area (Å²) in [5, 5.41) is 3.93. The number of aryl methyl sites for hydroxylation is 1. The summed E-state index contributed by atoms with van der Waals surface area (Å²) in [4.78, 5) is 8.52. The van der Waals surface area contributed by atoms with E-state index >= 15 is 0 Å². The first-order valence-corrected chi connectivity index (χ1v) is 5.88. The number of furan rings is 1. The van der Waals surface area contributed by atoms with E-state index in [0.717, 1.165) is 11.3 Å². The Hall–Kier alpha value is -2.41. The number of nitrogens with two attached hydrogens (primary N) is 1. The van der Waals surface area contributed by atoms with Crippen LogP contribution in [-0.4, -0.2) is 26.2 Å². The summed E-state index contributed by atoms with van der Waals surface area (Å²) in [7, 11) is 0. The van der Waals surface area contributed by atoms with Crippen LogP contribution in [-0.2, 0) is 6.54 Å². The zero-order chi connectivity index (χ0) is 13.2. The summed E-state index contributed by atoms with van der Waals surface area (Å²) >= 11 is 0. The molecule has 3 rings (SSSR count). The van der Waals surface area contributed by atoms with Crippen LogP contribution in [0.15, 0.2) is 33.8 Å². The summed E-state index contributed by atoms with van der Waals surface area (Å²) in [6, 6.07) is 1.80. The summed E-state index contributed by atoms with van der Waals surface area (Å²) in [6.07, 6.45) is 5.11. The van der Waals surface area contributed by atoms with Crippen molar-refractivity contribution < 1.29 is 8.94 Å². The van der Waals surface area contributed by atoms with E-state index in [9.17, 15) is 0 Å². The SMILES string of the molecule is Cc1occc1-c1noc(-c2cn(CCN)cn2)n1. The topological polar surface area (TPSA) is 95.9 Å². The molecule has 0 spiro atoms. The first-order chi connectivity index (χ1) is 9.28. The van der Waals surface area contributed by atoms with Crippen LogP contribution < -0.4 is 5.73 Å². The van der Waals surface area contributed by atoms with E-state index in [2.05, 4.69) is 15.1 Å². The van der Waals surface area contributed by atoms with Crippen molar-refractivity contribution in [3.05, 3.63) is 30.6 Å². The third-order valence-corrected chi connectivity index (χ3v) is 2.77. The minimum atomic E-state index is 0.381. The van der Waals surface area contributed by atoms with E-state index in [1.807, 2.05) is 17.7 Å². The molecule has 0 unspecified atom stereocenters. The lowest BCUT2D eigenvalue weighted by Gasteiger charge is -1.94. The van der Waals surface area contributed by atoms with Crippen LogP contribution in [0.5, 0.6) is 0 Å². The van der Waals surface area contributed by atoms with Crippen molar-refractivity contribution in [2.45, 2.75) is 13.5 Å². The van der Waals surface area contributed by atoms with Crippen LogP contribution in [0.1, 0.15) is 5.76 Å². The highest BCUT2D eigenvalue weighted by Gasteiger charge is 2.15. The average molecular weight is 259 g/mol. The molecule has 0 saturated carbocycles. The lowest BCUT2D eigenvalue weighted by Crippen LogP contribution is -2.07. The predicted molar refractivity (Wildman–Crippen MR) is 67.0 cm³/mol. The van der Waals surface area contributed by atoms with E-state index in [-0.39, 0.29) is 0 Å². The number of imidazole rings is 1. The maximum absolute atomic E-state index is 5.48. The van der Waals surface area contributed by atoms with Gasteiger partial charge in [-0.25, -0.2) is 4.98 Å². The Kier molecular flexibility index (Phi) is 2.88. The maximum atomic E-state index is 5.48. The third-order valence-electron chi connectivity index (χ3n) is 2.77. The summed E-state index contributed by atoms with van der Waals surface area (Å²) in [5.74, 6) is 1.63. The molecule has 0 atom stereocenters. The first-order valence-electron chi connectivity index (χ1n) is 5.88. The zero-order valence-electron chi connectivity index (χ0n) is 10.4. The molecule has 2 N–H and O–H groups in total. The Labute approximate surface area is 109 Å². The van der Waals surface area contributed by atoms with Gasteiger partial charge in [-0.1, -0.05) is 5.16 Å². The van der Waals surface area contributed by atoms with Crippen molar-refractivity contribution in [2.75, 3.05) is 6.54 Å². The average Bonchev–Trinajstić information content (AvgIpc) is 3.08. The van der Waals surface area contributed by atoms with Crippen molar-refractivity contribution in [3.8, 4) is 23.0 Å². The quantitative estimate of drug-likeness (QED) is 0.762. The van der Waals surface area contributed by atoms with Gasteiger partial charge >= 0.3 is 0 Å². The Morgan fingerprint density at radius 2 is 2.32 bits per heavy atom. The third kappa shape index (κ3) is 2.15. The molecule has 19 heavy (non-hydrogen) atoms. The number of aromatic nitrogens is 4. The minimum Gasteiger partial charge on any atom is -0.469 e. The molecule has 0 amide bonds. The molecule has 3 heterocycles. The molecule has 3 aromatic heterocycles. The van der Waals surface area contributed by atoms with Crippen LogP contribution in [0.3, 0.4) is 0 Å². The first kappa shape index (κ1) is 11.7. The van der Waals surface area contributed by atoms with Crippen molar-refractivity contribution >= 4 is 0 Å². The fourth-order valence-corrected chi connectivity index (χ4v) is 1.80. The molecule has 7 nitrogen and oxygen atoms in total. The lowest BCUT2D eigenvalue weighted by atomic mass is 10.2. The zero-order valence-corrected chi connectivity index (χ0v) is 10.4. The molecule has 0 aliphatic carbocycles. The minimum absolute atomic E-state index is 0.381. The summed E-state index contributed by atoms with van der Waals surface area (Å²) in [6.45, 7) is 3.11. The van der Waals surface area contributed by atoms with E-state index in [1.54, 1.807) is 18.7 Å². The van der Waals surface area contributed by atoms with Crippen molar-refractivity contribution in [1.29, 1.82) is 0 Å². The smallest absolute Gasteiger partial charge is 0.278 e. The highest BCUT2D eigenvalue weighted by atomic mass is 16.5. The van der Waals surface area contributed by atoms with Crippen molar-refractivity contribution in [2.24, 2.45) is 5.73 Å². The molecule has 98 valence electrons. The molecule has 3 aromatic rings. The van der Waals surface area contributed by atoms with Crippen LogP contribution in [0.2, 0.25) is 0 Å². The largest absolute Gasteiger partial charge is 0.469 e. The standard InChI is InChI=1S/C12H13N5O2/c1-8-9(2-5-18-8)11-15-12(19-16-11)10-6-17(4-3-13)7-14-10/h2,5-7H,3-4,13H2,1H3. The normalized spacial score (nSPS) is 11.1. The maximum Gasteiger partial charge on any atom is 0.278 e. The molecule has 0 bridgehead atoms. The number of rotatable bonds is 4. The number of hydrogen-bond donors (Lipinski definition) is 1. The highest BCUT2D eigenvalue weighted by molar-refractivity contribution is 5.59. The van der Waals surface area contributed by atoms with E-state index in [1.165, 1.54) is 0 Å². The number of hydrogen-bond acceptors (Lipinski definition) is 6. The molecular formula is C12H13N5O2. The summed E-state index contributed by atoms with van der Waals surface area (Å²) in [5.41, 5.74) is 6.93. The second kappa shape index (κ2) is 4.69. The van der Waals surface area contributed by atoms with Gasteiger partial charge in [-0.15, -0.1) is 0 Å². The Bertz CT molecular complexity index is 682. The monoisotopic (exact) mass is 259 g/mol. The van der Waals surface area contributed by atoms with Gasteiger partial charge in [0.2, 0.25) is 5.82 Å². The second-order valence-corrected chi connectivity index (χ2v) is 4.10. The molecular weight excluding hydrogens is 246 g/mol.